The lowest BCUT2D eigenvalue weighted by Crippen LogP contribution is -2.19. The molecule has 1 saturated heterocycles. The highest BCUT2D eigenvalue weighted by Crippen LogP contribution is 2.23. The molecule has 1 amide bonds. The largest absolute Gasteiger partial charge is 0.299 e. The van der Waals surface area contributed by atoms with Crippen molar-refractivity contribution in [2.24, 2.45) is 10.2 Å². The number of allylic oxidation sites excluding steroid dienone is 3. The molecule has 4 nitrogen and oxygen atoms in total. The van der Waals surface area contributed by atoms with E-state index < -0.39 is 0 Å². The Bertz CT molecular complexity index is 897. The van der Waals surface area contributed by atoms with Gasteiger partial charge in [0.1, 0.15) is 0 Å². The van der Waals surface area contributed by atoms with Crippen molar-refractivity contribution in [2.45, 2.75) is 0 Å². The zero-order chi connectivity index (χ0) is 18.0. The summed E-state index contributed by atoms with van der Waals surface area (Å²) in [5, 5.41) is 11.1. The van der Waals surface area contributed by atoms with E-state index in [4.69, 9.17) is 0 Å². The molecule has 1 N–H and O–H groups in total. The number of nitrogens with one attached hydrogen (secondary N) is 1. The van der Waals surface area contributed by atoms with Crippen LogP contribution in [-0.4, -0.2) is 17.3 Å². The highest BCUT2D eigenvalue weighted by Gasteiger charge is 2.22. The van der Waals surface area contributed by atoms with Crippen molar-refractivity contribution >= 4 is 41.2 Å². The van der Waals surface area contributed by atoms with Gasteiger partial charge in [-0.1, -0.05) is 78.9 Å². The third-order valence-electron chi connectivity index (χ3n) is 3.38. The van der Waals surface area contributed by atoms with E-state index in [-0.39, 0.29) is 5.91 Å². The Morgan fingerprint density at radius 1 is 0.846 bits per heavy atom. The average molecular weight is 359 g/mol. The SMILES string of the molecule is O=C1NC(=NN=CC=Cc2ccccc2)SC1=CC=Cc1ccccc1. The molecular formula is C21H17N3OS. The molecule has 128 valence electrons. The summed E-state index contributed by atoms with van der Waals surface area (Å²) in [5.41, 5.74) is 2.17. The molecule has 0 saturated carbocycles. The van der Waals surface area contributed by atoms with Gasteiger partial charge in [0.05, 0.1) is 4.91 Å². The molecule has 2 aromatic rings. The van der Waals surface area contributed by atoms with Crippen LogP contribution < -0.4 is 5.32 Å². The molecule has 1 heterocycles. The van der Waals surface area contributed by atoms with Crippen molar-refractivity contribution in [3.8, 4) is 0 Å². The minimum absolute atomic E-state index is 0.165. The first-order valence-electron chi connectivity index (χ1n) is 8.06. The van der Waals surface area contributed by atoms with Gasteiger partial charge in [0, 0.05) is 6.21 Å². The average Bonchev–Trinajstić information content (AvgIpc) is 3.03. The second kappa shape index (κ2) is 9.34. The molecule has 2 aromatic carbocycles. The van der Waals surface area contributed by atoms with E-state index in [1.807, 2.05) is 78.9 Å². The molecule has 1 aliphatic rings. The van der Waals surface area contributed by atoms with Gasteiger partial charge in [0.15, 0.2) is 5.17 Å². The van der Waals surface area contributed by atoms with Gasteiger partial charge in [-0.15, -0.1) is 5.10 Å². The number of benzene rings is 2. The molecule has 1 aliphatic heterocycles. The first kappa shape index (κ1) is 17.6. The summed E-state index contributed by atoms with van der Waals surface area (Å²) in [5.74, 6) is -0.165. The number of amides is 1. The molecule has 5 heteroatoms. The number of carbonyl (C=O) groups is 1. The van der Waals surface area contributed by atoms with Gasteiger partial charge in [-0.05, 0) is 35.0 Å². The van der Waals surface area contributed by atoms with Gasteiger partial charge < -0.3 is 0 Å². The number of rotatable bonds is 5. The number of hydrogen-bond acceptors (Lipinski definition) is 4. The van der Waals surface area contributed by atoms with Gasteiger partial charge in [-0.3, -0.25) is 10.1 Å². The molecule has 0 bridgehead atoms. The maximum atomic E-state index is 11.9. The maximum Gasteiger partial charge on any atom is 0.264 e. The Kier molecular flexibility index (Phi) is 6.34. The normalized spacial score (nSPS) is 17.9. The number of nitrogens with zero attached hydrogens (tertiary/aromatic N) is 2. The second-order valence-corrected chi connectivity index (χ2v) is 6.33. The van der Waals surface area contributed by atoms with E-state index in [1.165, 1.54) is 11.8 Å². The topological polar surface area (TPSA) is 53.8 Å². The Morgan fingerprint density at radius 3 is 2.12 bits per heavy atom. The first-order chi connectivity index (χ1) is 12.8. The Morgan fingerprint density at radius 2 is 1.46 bits per heavy atom. The van der Waals surface area contributed by atoms with E-state index in [0.29, 0.717) is 10.1 Å². The van der Waals surface area contributed by atoms with Crippen LogP contribution in [-0.2, 0) is 4.79 Å². The predicted molar refractivity (Wildman–Crippen MR) is 111 cm³/mol. The molecule has 0 spiro atoms. The molecule has 0 radical (unpaired) electrons. The summed E-state index contributed by atoms with van der Waals surface area (Å²) in [6.07, 6.45) is 10.9. The minimum atomic E-state index is -0.165. The number of thioether (sulfide) groups is 1. The quantitative estimate of drug-likeness (QED) is 0.485. The van der Waals surface area contributed by atoms with Crippen LogP contribution in [0.1, 0.15) is 11.1 Å². The zero-order valence-electron chi connectivity index (χ0n) is 13.9. The fraction of sp³-hybridized carbons (Fsp3) is 0. The first-order valence-corrected chi connectivity index (χ1v) is 8.88. The zero-order valence-corrected chi connectivity index (χ0v) is 14.8. The molecule has 0 unspecified atom stereocenters. The summed E-state index contributed by atoms with van der Waals surface area (Å²) in [6.45, 7) is 0. The van der Waals surface area contributed by atoms with Crippen LogP contribution in [0.4, 0.5) is 0 Å². The minimum Gasteiger partial charge on any atom is -0.299 e. The molecule has 0 aromatic heterocycles. The maximum absolute atomic E-state index is 11.9. The highest BCUT2D eigenvalue weighted by atomic mass is 32.2. The summed E-state index contributed by atoms with van der Waals surface area (Å²) in [4.78, 5) is 12.5. The van der Waals surface area contributed by atoms with Crippen molar-refractivity contribution in [2.75, 3.05) is 0 Å². The summed E-state index contributed by atoms with van der Waals surface area (Å²) < 4.78 is 0. The van der Waals surface area contributed by atoms with Crippen molar-refractivity contribution in [3.05, 3.63) is 94.9 Å². The van der Waals surface area contributed by atoms with Crippen LogP contribution in [0, 0.1) is 0 Å². The standard InChI is InChI=1S/C21H17N3OS/c25-20-19(15-7-13-17-9-3-1-4-10-17)26-21(23-20)24-22-16-8-14-18-11-5-2-6-12-18/h1-16H,(H,23,24,25). The summed E-state index contributed by atoms with van der Waals surface area (Å²) in [7, 11) is 0. The highest BCUT2D eigenvalue weighted by molar-refractivity contribution is 8.18. The van der Waals surface area contributed by atoms with E-state index in [0.717, 1.165) is 11.1 Å². The molecule has 3 rings (SSSR count). The van der Waals surface area contributed by atoms with Crippen LogP contribution in [0.5, 0.6) is 0 Å². The van der Waals surface area contributed by atoms with Gasteiger partial charge >= 0.3 is 0 Å². The van der Waals surface area contributed by atoms with Crippen molar-refractivity contribution in [1.82, 2.24) is 5.32 Å². The van der Waals surface area contributed by atoms with E-state index in [1.54, 1.807) is 18.4 Å². The molecule has 26 heavy (non-hydrogen) atoms. The van der Waals surface area contributed by atoms with Crippen LogP contribution in [0.15, 0.2) is 94.0 Å². The molecule has 0 aliphatic carbocycles. The Hall–Kier alpha value is -3.18. The van der Waals surface area contributed by atoms with Gasteiger partial charge in [-0.25, -0.2) is 0 Å². The van der Waals surface area contributed by atoms with Gasteiger partial charge in [0.25, 0.3) is 5.91 Å². The van der Waals surface area contributed by atoms with Crippen LogP contribution in [0.2, 0.25) is 0 Å². The van der Waals surface area contributed by atoms with Crippen molar-refractivity contribution in [3.63, 3.8) is 0 Å². The fourth-order valence-electron chi connectivity index (χ4n) is 2.14. The smallest absolute Gasteiger partial charge is 0.264 e. The Labute approximate surface area is 156 Å². The third kappa shape index (κ3) is 5.43. The fourth-order valence-corrected chi connectivity index (χ4v) is 2.87. The molecule has 1 fully saturated rings. The number of carbonyl (C=O) groups excluding carboxylic acids is 1. The van der Waals surface area contributed by atoms with Gasteiger partial charge in [-0.2, -0.15) is 5.10 Å². The number of hydrogen-bond donors (Lipinski definition) is 1. The second-order valence-electron chi connectivity index (χ2n) is 5.30. The van der Waals surface area contributed by atoms with Gasteiger partial charge in [0.2, 0.25) is 0 Å². The summed E-state index contributed by atoms with van der Waals surface area (Å²) in [6, 6.07) is 19.8. The lowest BCUT2D eigenvalue weighted by atomic mass is 10.2. The third-order valence-corrected chi connectivity index (χ3v) is 4.29. The molecular weight excluding hydrogens is 342 g/mol. The van der Waals surface area contributed by atoms with E-state index in [2.05, 4.69) is 15.5 Å². The van der Waals surface area contributed by atoms with E-state index in [9.17, 15) is 4.79 Å². The van der Waals surface area contributed by atoms with E-state index >= 15 is 0 Å². The predicted octanol–water partition coefficient (Wildman–Crippen LogP) is 4.50. The van der Waals surface area contributed by atoms with Crippen LogP contribution >= 0.6 is 11.8 Å². The number of amidine groups is 1. The van der Waals surface area contributed by atoms with Crippen molar-refractivity contribution in [1.29, 1.82) is 0 Å². The van der Waals surface area contributed by atoms with Crippen LogP contribution in [0.3, 0.4) is 0 Å². The lowest BCUT2D eigenvalue weighted by Gasteiger charge is -1.89. The monoisotopic (exact) mass is 359 g/mol. The lowest BCUT2D eigenvalue weighted by molar-refractivity contribution is -0.115. The summed E-state index contributed by atoms with van der Waals surface area (Å²) >= 11 is 1.27. The van der Waals surface area contributed by atoms with Crippen molar-refractivity contribution < 1.29 is 4.79 Å². The molecule has 0 atom stereocenters. The van der Waals surface area contributed by atoms with Crippen LogP contribution in [0.25, 0.3) is 12.2 Å². The Balaban J connectivity index is 1.56.